The van der Waals surface area contributed by atoms with Gasteiger partial charge in [0.25, 0.3) is 0 Å². The van der Waals surface area contributed by atoms with E-state index < -0.39 is 5.79 Å². The lowest BCUT2D eigenvalue weighted by Gasteiger charge is -2.26. The lowest BCUT2D eigenvalue weighted by molar-refractivity contribution is -0.203. The second-order valence-corrected chi connectivity index (χ2v) is 3.16. The molecule has 0 spiro atoms. The van der Waals surface area contributed by atoms with Crippen molar-refractivity contribution in [2.75, 3.05) is 28.3 Å². The standard InChI is InChI=1S/C10H19NO3/c1-6-10(13-4,14-5)9(12)7-8-11(2)3/h7-8H,6H2,1-5H3/b8-7+. The number of hydrogen-bond acceptors (Lipinski definition) is 4. The van der Waals surface area contributed by atoms with Gasteiger partial charge >= 0.3 is 0 Å². The second kappa shape index (κ2) is 5.78. The van der Waals surface area contributed by atoms with E-state index in [2.05, 4.69) is 0 Å². The van der Waals surface area contributed by atoms with E-state index in [1.807, 2.05) is 21.0 Å². The molecule has 82 valence electrons. The first kappa shape index (κ1) is 13.1. The van der Waals surface area contributed by atoms with Crippen molar-refractivity contribution in [3.05, 3.63) is 12.3 Å². The van der Waals surface area contributed by atoms with Crippen LogP contribution in [0.15, 0.2) is 12.3 Å². The molecular weight excluding hydrogens is 182 g/mol. The number of ether oxygens (including phenoxy) is 2. The van der Waals surface area contributed by atoms with Crippen molar-refractivity contribution in [3.8, 4) is 0 Å². The summed E-state index contributed by atoms with van der Waals surface area (Å²) in [4.78, 5) is 13.5. The Morgan fingerprint density at radius 2 is 1.86 bits per heavy atom. The molecule has 0 aliphatic carbocycles. The molecule has 0 heterocycles. The minimum absolute atomic E-state index is 0.182. The Hall–Kier alpha value is -0.870. The zero-order chi connectivity index (χ0) is 11.2. The third-order valence-electron chi connectivity index (χ3n) is 2.02. The average Bonchev–Trinajstić information content (AvgIpc) is 2.18. The average molecular weight is 201 g/mol. The molecule has 0 aliphatic rings. The zero-order valence-corrected chi connectivity index (χ0v) is 9.53. The van der Waals surface area contributed by atoms with Gasteiger partial charge in [-0.15, -0.1) is 0 Å². The van der Waals surface area contributed by atoms with Gasteiger partial charge in [-0.25, -0.2) is 0 Å². The van der Waals surface area contributed by atoms with Crippen LogP contribution in [-0.2, 0) is 14.3 Å². The van der Waals surface area contributed by atoms with Crippen molar-refractivity contribution >= 4 is 5.78 Å². The van der Waals surface area contributed by atoms with E-state index in [1.165, 1.54) is 20.3 Å². The first-order valence-electron chi connectivity index (χ1n) is 4.51. The molecule has 0 unspecified atom stereocenters. The molecule has 14 heavy (non-hydrogen) atoms. The number of methoxy groups -OCH3 is 2. The highest BCUT2D eigenvalue weighted by molar-refractivity contribution is 5.95. The number of rotatable bonds is 6. The van der Waals surface area contributed by atoms with E-state index in [4.69, 9.17) is 9.47 Å². The number of nitrogens with zero attached hydrogens (tertiary/aromatic N) is 1. The third-order valence-corrected chi connectivity index (χ3v) is 2.02. The Labute approximate surface area is 85.5 Å². The van der Waals surface area contributed by atoms with Crippen LogP contribution < -0.4 is 0 Å². The monoisotopic (exact) mass is 201 g/mol. The van der Waals surface area contributed by atoms with E-state index in [9.17, 15) is 4.79 Å². The fourth-order valence-corrected chi connectivity index (χ4v) is 1.09. The van der Waals surface area contributed by atoms with Gasteiger partial charge in [-0.05, 0) is 0 Å². The topological polar surface area (TPSA) is 38.8 Å². The minimum atomic E-state index is -1.13. The summed E-state index contributed by atoms with van der Waals surface area (Å²) in [7, 11) is 6.62. The maximum absolute atomic E-state index is 11.7. The molecular formula is C10H19NO3. The van der Waals surface area contributed by atoms with Crippen LogP contribution in [0.4, 0.5) is 0 Å². The van der Waals surface area contributed by atoms with E-state index in [0.29, 0.717) is 6.42 Å². The smallest absolute Gasteiger partial charge is 0.232 e. The first-order valence-corrected chi connectivity index (χ1v) is 4.51. The Morgan fingerprint density at radius 1 is 1.36 bits per heavy atom. The van der Waals surface area contributed by atoms with Crippen LogP contribution >= 0.6 is 0 Å². The highest BCUT2D eigenvalue weighted by Crippen LogP contribution is 2.17. The van der Waals surface area contributed by atoms with Gasteiger partial charge in [-0.2, -0.15) is 0 Å². The maximum Gasteiger partial charge on any atom is 0.232 e. The molecule has 0 fully saturated rings. The number of carbonyl (C=O) groups excluding carboxylic acids is 1. The summed E-state index contributed by atoms with van der Waals surface area (Å²) in [6.45, 7) is 1.84. The van der Waals surface area contributed by atoms with Crippen LogP contribution in [0.1, 0.15) is 13.3 Å². The Kier molecular flexibility index (Phi) is 5.42. The van der Waals surface area contributed by atoms with E-state index in [0.717, 1.165) is 0 Å². The lowest BCUT2D eigenvalue weighted by Crippen LogP contribution is -2.41. The molecule has 0 aliphatic heterocycles. The van der Waals surface area contributed by atoms with Gasteiger partial charge < -0.3 is 14.4 Å². The summed E-state index contributed by atoms with van der Waals surface area (Å²) < 4.78 is 10.2. The SMILES string of the molecule is CCC(OC)(OC)C(=O)/C=C/N(C)C. The number of ketones is 1. The number of hydrogen-bond donors (Lipinski definition) is 0. The summed E-state index contributed by atoms with van der Waals surface area (Å²) in [6, 6.07) is 0. The Morgan fingerprint density at radius 3 is 2.14 bits per heavy atom. The Balaban J connectivity index is 4.60. The molecule has 4 heteroatoms. The molecule has 0 saturated carbocycles. The van der Waals surface area contributed by atoms with Crippen molar-refractivity contribution in [2.45, 2.75) is 19.1 Å². The molecule has 0 radical (unpaired) electrons. The zero-order valence-electron chi connectivity index (χ0n) is 9.53. The van der Waals surface area contributed by atoms with Crippen molar-refractivity contribution < 1.29 is 14.3 Å². The molecule has 0 atom stereocenters. The van der Waals surface area contributed by atoms with Gasteiger partial charge in [-0.3, -0.25) is 4.79 Å². The summed E-state index contributed by atoms with van der Waals surface area (Å²) in [5, 5.41) is 0. The molecule has 0 rings (SSSR count). The van der Waals surface area contributed by atoms with Gasteiger partial charge in [0.05, 0.1) is 0 Å². The van der Waals surface area contributed by atoms with E-state index >= 15 is 0 Å². The van der Waals surface area contributed by atoms with Gasteiger partial charge in [0.1, 0.15) is 0 Å². The summed E-state index contributed by atoms with van der Waals surface area (Å²) in [6.07, 6.45) is 3.61. The van der Waals surface area contributed by atoms with E-state index in [-0.39, 0.29) is 5.78 Å². The van der Waals surface area contributed by atoms with Crippen molar-refractivity contribution in [2.24, 2.45) is 0 Å². The molecule has 0 aromatic rings. The molecule has 0 bridgehead atoms. The van der Waals surface area contributed by atoms with Crippen molar-refractivity contribution in [3.63, 3.8) is 0 Å². The highest BCUT2D eigenvalue weighted by Gasteiger charge is 2.34. The fourth-order valence-electron chi connectivity index (χ4n) is 1.09. The fraction of sp³-hybridized carbons (Fsp3) is 0.700. The van der Waals surface area contributed by atoms with Gasteiger partial charge in [0.15, 0.2) is 0 Å². The van der Waals surface area contributed by atoms with Crippen LogP contribution in [0.3, 0.4) is 0 Å². The van der Waals surface area contributed by atoms with Crippen LogP contribution in [-0.4, -0.2) is 44.8 Å². The quantitative estimate of drug-likeness (QED) is 0.475. The molecule has 4 nitrogen and oxygen atoms in total. The van der Waals surface area contributed by atoms with Crippen LogP contribution in [0.5, 0.6) is 0 Å². The second-order valence-electron chi connectivity index (χ2n) is 3.16. The molecule has 0 saturated heterocycles. The lowest BCUT2D eigenvalue weighted by atomic mass is 10.1. The third kappa shape index (κ3) is 3.12. The van der Waals surface area contributed by atoms with Crippen LogP contribution in [0.25, 0.3) is 0 Å². The molecule has 0 aromatic heterocycles. The van der Waals surface area contributed by atoms with Gasteiger partial charge in [0, 0.05) is 47.0 Å². The summed E-state index contributed by atoms with van der Waals surface area (Å²) in [5.41, 5.74) is 0. The van der Waals surface area contributed by atoms with Gasteiger partial charge in [-0.1, -0.05) is 6.92 Å². The summed E-state index contributed by atoms with van der Waals surface area (Å²) in [5.74, 6) is -1.31. The van der Waals surface area contributed by atoms with Gasteiger partial charge in [0.2, 0.25) is 11.6 Å². The predicted octanol–water partition coefficient (Wildman–Crippen LogP) is 1.03. The largest absolute Gasteiger partial charge is 0.383 e. The number of carbonyl (C=O) groups is 1. The maximum atomic E-state index is 11.7. The molecule has 0 aromatic carbocycles. The van der Waals surface area contributed by atoms with Crippen LogP contribution in [0, 0.1) is 0 Å². The summed E-state index contributed by atoms with van der Waals surface area (Å²) >= 11 is 0. The van der Waals surface area contributed by atoms with E-state index in [1.54, 1.807) is 11.1 Å². The molecule has 0 N–H and O–H groups in total. The van der Waals surface area contributed by atoms with Crippen LogP contribution in [0.2, 0.25) is 0 Å². The normalized spacial score (nSPS) is 12.1. The highest BCUT2D eigenvalue weighted by atomic mass is 16.7. The first-order chi connectivity index (χ1) is 6.52. The Bertz CT molecular complexity index is 199. The molecule has 0 amide bonds. The predicted molar refractivity (Wildman–Crippen MR) is 54.9 cm³/mol. The minimum Gasteiger partial charge on any atom is -0.383 e. The van der Waals surface area contributed by atoms with Crippen molar-refractivity contribution in [1.82, 2.24) is 4.90 Å². The van der Waals surface area contributed by atoms with Crippen molar-refractivity contribution in [1.29, 1.82) is 0 Å².